The van der Waals surface area contributed by atoms with Crippen molar-refractivity contribution in [3.8, 4) is 5.75 Å². The lowest BCUT2D eigenvalue weighted by Gasteiger charge is -2.40. The van der Waals surface area contributed by atoms with Gasteiger partial charge in [0.2, 0.25) is 11.8 Å². The van der Waals surface area contributed by atoms with E-state index in [4.69, 9.17) is 4.74 Å². The fourth-order valence-electron chi connectivity index (χ4n) is 4.25. The van der Waals surface area contributed by atoms with Gasteiger partial charge < -0.3 is 10.1 Å². The van der Waals surface area contributed by atoms with E-state index < -0.39 is 5.54 Å². The number of nitrogens with zero attached hydrogens (tertiary/aromatic N) is 3. The molecule has 0 saturated heterocycles. The van der Waals surface area contributed by atoms with Crippen LogP contribution in [-0.2, 0) is 9.59 Å². The third-order valence-corrected chi connectivity index (χ3v) is 7.38. The summed E-state index contributed by atoms with van der Waals surface area (Å²) < 4.78 is 5.31. The zero-order chi connectivity index (χ0) is 27.0. The van der Waals surface area contributed by atoms with E-state index in [1.54, 1.807) is 43.2 Å². The van der Waals surface area contributed by atoms with Gasteiger partial charge in [-0.3, -0.25) is 19.6 Å². The predicted molar refractivity (Wildman–Crippen MR) is 149 cm³/mol. The molecule has 0 aliphatic heterocycles. The smallest absolute Gasteiger partial charge is 0.246 e. The Morgan fingerprint density at radius 1 is 1.00 bits per heavy atom. The summed E-state index contributed by atoms with van der Waals surface area (Å²) in [5, 5.41) is 10.4. The van der Waals surface area contributed by atoms with Crippen molar-refractivity contribution in [3.05, 3.63) is 102 Å². The Bertz CT molecular complexity index is 1280. The molecule has 0 aliphatic rings. The highest BCUT2D eigenvalue weighted by Gasteiger charge is 2.42. The molecule has 1 aromatic heterocycles. The zero-order valence-electron chi connectivity index (χ0n) is 21.6. The highest BCUT2D eigenvalue weighted by Crippen LogP contribution is 2.32. The maximum atomic E-state index is 14.2. The highest BCUT2D eigenvalue weighted by molar-refractivity contribution is 7.99. The molecule has 0 bridgehead atoms. The van der Waals surface area contributed by atoms with Crippen LogP contribution >= 0.6 is 11.8 Å². The van der Waals surface area contributed by atoms with Gasteiger partial charge in [-0.25, -0.2) is 4.98 Å². The van der Waals surface area contributed by atoms with Crippen molar-refractivity contribution in [1.29, 1.82) is 0 Å². The molecule has 38 heavy (non-hydrogen) atoms. The van der Waals surface area contributed by atoms with Crippen molar-refractivity contribution in [2.75, 3.05) is 17.8 Å². The maximum Gasteiger partial charge on any atom is 0.246 e. The number of carbonyl (C=O) groups is 2. The molecule has 1 atom stereocenters. The first-order valence-corrected chi connectivity index (χ1v) is 13.3. The van der Waals surface area contributed by atoms with E-state index in [-0.39, 0.29) is 23.6 Å². The first-order chi connectivity index (χ1) is 18.5. The monoisotopic (exact) mass is 529 g/mol. The Hall–Kier alpha value is -4.11. The minimum Gasteiger partial charge on any atom is -0.497 e. The van der Waals surface area contributed by atoms with Gasteiger partial charge in [-0.1, -0.05) is 79.3 Å². The van der Waals surface area contributed by atoms with Gasteiger partial charge in [0.1, 0.15) is 17.6 Å². The molecular weight excluding hydrogens is 498 g/mol. The minimum atomic E-state index is -1.19. The van der Waals surface area contributed by atoms with Crippen LogP contribution in [0.3, 0.4) is 0 Å². The molecule has 1 unspecified atom stereocenters. The molecule has 2 amide bonds. The highest BCUT2D eigenvalue weighted by atomic mass is 32.2. The van der Waals surface area contributed by atoms with Crippen molar-refractivity contribution < 1.29 is 14.3 Å². The van der Waals surface area contributed by atoms with Crippen molar-refractivity contribution in [2.45, 2.75) is 37.0 Å². The number of carbonyl (C=O) groups excluding carboxylic acids is 2. The number of hydrogen-bond acceptors (Lipinski definition) is 6. The predicted octanol–water partition coefficient (Wildman–Crippen LogP) is 5.01. The van der Waals surface area contributed by atoms with Crippen molar-refractivity contribution in [1.82, 2.24) is 20.5 Å². The van der Waals surface area contributed by atoms with E-state index in [1.807, 2.05) is 67.6 Å². The number of aromatic amines is 1. The van der Waals surface area contributed by atoms with E-state index in [1.165, 1.54) is 18.1 Å². The fourth-order valence-corrected chi connectivity index (χ4v) is 4.88. The molecule has 3 aromatic carbocycles. The third-order valence-electron chi connectivity index (χ3n) is 6.52. The number of anilines is 1. The van der Waals surface area contributed by atoms with Crippen LogP contribution in [0, 0.1) is 0 Å². The van der Waals surface area contributed by atoms with E-state index in [0.717, 1.165) is 11.1 Å². The molecular formula is C29H31N5O3S. The molecule has 0 radical (unpaired) electrons. The van der Waals surface area contributed by atoms with Crippen LogP contribution in [0.15, 0.2) is 96.4 Å². The SMILES string of the molecule is CCC(C)(C(=O)NC(c1ccccc1)c1ccccc1)N(C(=O)CSc1ncn[nH]1)c1ccc(OC)cc1. The van der Waals surface area contributed by atoms with Gasteiger partial charge in [0, 0.05) is 5.69 Å². The van der Waals surface area contributed by atoms with Gasteiger partial charge in [0.15, 0.2) is 5.16 Å². The molecule has 196 valence electrons. The molecule has 2 N–H and O–H groups in total. The lowest BCUT2D eigenvalue weighted by molar-refractivity contribution is -0.129. The molecule has 8 nitrogen and oxygen atoms in total. The molecule has 0 saturated carbocycles. The van der Waals surface area contributed by atoms with Gasteiger partial charge in [0.25, 0.3) is 0 Å². The average molecular weight is 530 g/mol. The molecule has 4 rings (SSSR count). The summed E-state index contributed by atoms with van der Waals surface area (Å²) in [5.41, 5.74) is 1.32. The van der Waals surface area contributed by atoms with Gasteiger partial charge in [-0.05, 0) is 48.7 Å². The molecule has 1 heterocycles. The lowest BCUT2D eigenvalue weighted by Crippen LogP contribution is -2.60. The molecule has 0 spiro atoms. The molecule has 0 aliphatic carbocycles. The Morgan fingerprint density at radius 3 is 2.11 bits per heavy atom. The second-order valence-electron chi connectivity index (χ2n) is 8.86. The molecule has 9 heteroatoms. The summed E-state index contributed by atoms with van der Waals surface area (Å²) in [6.45, 7) is 3.71. The summed E-state index contributed by atoms with van der Waals surface area (Å²) in [6.07, 6.45) is 1.78. The molecule has 0 fully saturated rings. The van der Waals surface area contributed by atoms with E-state index >= 15 is 0 Å². The van der Waals surface area contributed by atoms with Crippen molar-refractivity contribution >= 4 is 29.3 Å². The van der Waals surface area contributed by atoms with E-state index in [9.17, 15) is 9.59 Å². The number of aromatic nitrogens is 3. The number of H-pyrrole nitrogens is 1. The van der Waals surface area contributed by atoms with Crippen molar-refractivity contribution in [3.63, 3.8) is 0 Å². The van der Waals surface area contributed by atoms with E-state index in [2.05, 4.69) is 20.5 Å². The number of nitrogens with one attached hydrogen (secondary N) is 2. The van der Waals surface area contributed by atoms with Gasteiger partial charge in [0.05, 0.1) is 18.9 Å². The lowest BCUT2D eigenvalue weighted by atomic mass is 9.91. The maximum absolute atomic E-state index is 14.2. The first-order valence-electron chi connectivity index (χ1n) is 12.3. The largest absolute Gasteiger partial charge is 0.497 e. The number of hydrogen-bond donors (Lipinski definition) is 2. The number of thioether (sulfide) groups is 1. The van der Waals surface area contributed by atoms with Crippen LogP contribution in [0.25, 0.3) is 0 Å². The Kier molecular flexibility index (Phi) is 8.81. The summed E-state index contributed by atoms with van der Waals surface area (Å²) in [4.78, 5) is 33.6. The van der Waals surface area contributed by atoms with Crippen LogP contribution in [0.5, 0.6) is 5.75 Å². The fraction of sp³-hybridized carbons (Fsp3) is 0.241. The first kappa shape index (κ1) is 26.9. The number of benzene rings is 3. The third kappa shape index (κ3) is 6.06. The topological polar surface area (TPSA) is 100 Å². The van der Waals surface area contributed by atoms with Crippen molar-refractivity contribution in [2.24, 2.45) is 0 Å². The van der Waals surface area contributed by atoms with Crippen LogP contribution in [0.1, 0.15) is 37.4 Å². The summed E-state index contributed by atoms with van der Waals surface area (Å²) >= 11 is 1.24. The Labute approximate surface area is 226 Å². The minimum absolute atomic E-state index is 0.0743. The number of ether oxygens (including phenoxy) is 1. The number of amides is 2. The zero-order valence-corrected chi connectivity index (χ0v) is 22.4. The Morgan fingerprint density at radius 2 is 1.61 bits per heavy atom. The summed E-state index contributed by atoms with van der Waals surface area (Å²) in [7, 11) is 1.59. The average Bonchev–Trinajstić information content (AvgIpc) is 3.50. The van der Waals surface area contributed by atoms with Crippen LogP contribution in [0.2, 0.25) is 0 Å². The summed E-state index contributed by atoms with van der Waals surface area (Å²) in [6, 6.07) is 26.4. The Balaban J connectivity index is 1.69. The number of rotatable bonds is 11. The van der Waals surface area contributed by atoms with E-state index in [0.29, 0.717) is 23.0 Å². The second-order valence-corrected chi connectivity index (χ2v) is 9.83. The van der Waals surface area contributed by atoms with Crippen LogP contribution in [0.4, 0.5) is 5.69 Å². The van der Waals surface area contributed by atoms with Crippen LogP contribution in [-0.4, -0.2) is 45.4 Å². The molecule has 4 aromatic rings. The number of methoxy groups -OCH3 is 1. The van der Waals surface area contributed by atoms with Gasteiger partial charge >= 0.3 is 0 Å². The normalized spacial score (nSPS) is 12.5. The second kappa shape index (κ2) is 12.4. The quantitative estimate of drug-likeness (QED) is 0.265. The standard InChI is InChI=1S/C29H31N5O3S/c1-4-29(2,27(36)32-26(21-11-7-5-8-12-21)22-13-9-6-10-14-22)34(23-15-17-24(37-3)18-16-23)25(35)19-38-28-30-20-31-33-28/h5-18,20,26H,4,19H2,1-3H3,(H,32,36)(H,30,31,33). The van der Waals surface area contributed by atoms with Crippen LogP contribution < -0.4 is 15.0 Å². The van der Waals surface area contributed by atoms with Gasteiger partial charge in [-0.15, -0.1) is 0 Å². The van der Waals surface area contributed by atoms with Gasteiger partial charge in [-0.2, -0.15) is 5.10 Å². The summed E-state index contributed by atoms with van der Waals surface area (Å²) in [5.74, 6) is 0.247.